The van der Waals surface area contributed by atoms with Crippen molar-refractivity contribution in [1.82, 2.24) is 15.2 Å². The molecule has 0 fully saturated rings. The molecule has 3 aromatic rings. The van der Waals surface area contributed by atoms with E-state index >= 15 is 0 Å². The number of amides is 1. The summed E-state index contributed by atoms with van der Waals surface area (Å²) >= 11 is 1.43. The Labute approximate surface area is 178 Å². The first-order valence-corrected chi connectivity index (χ1v) is 10.6. The van der Waals surface area contributed by atoms with Crippen molar-refractivity contribution in [3.63, 3.8) is 0 Å². The summed E-state index contributed by atoms with van der Waals surface area (Å²) < 4.78 is 21.0. The maximum absolute atomic E-state index is 14.8. The number of hydrogen-bond donors (Lipinski definition) is 0. The minimum absolute atomic E-state index is 0.226. The molecule has 0 N–H and O–H groups in total. The van der Waals surface area contributed by atoms with Crippen molar-refractivity contribution in [3.05, 3.63) is 58.9 Å². The fourth-order valence-corrected chi connectivity index (χ4v) is 4.18. The molecule has 1 amide bonds. The van der Waals surface area contributed by atoms with Crippen LogP contribution in [-0.2, 0) is 4.79 Å². The first kappa shape index (κ1) is 20.3. The molecule has 6 nitrogen and oxygen atoms in total. The Balaban J connectivity index is 2.04. The zero-order chi connectivity index (χ0) is 21.4. The van der Waals surface area contributed by atoms with Gasteiger partial charge in [0.25, 0.3) is 0 Å². The van der Waals surface area contributed by atoms with Gasteiger partial charge >= 0.3 is 0 Å². The van der Waals surface area contributed by atoms with E-state index in [-0.39, 0.29) is 17.4 Å². The number of hydrogen-bond acceptors (Lipinski definition) is 6. The lowest BCUT2D eigenvalue weighted by atomic mass is 10.00. The zero-order valence-corrected chi connectivity index (χ0v) is 18.0. The van der Waals surface area contributed by atoms with Gasteiger partial charge in [-0.2, -0.15) is 4.98 Å². The number of nitrogens with zero attached hydrogens (tertiary/aromatic N) is 4. The van der Waals surface area contributed by atoms with E-state index in [2.05, 4.69) is 15.2 Å². The zero-order valence-electron chi connectivity index (χ0n) is 17.1. The van der Waals surface area contributed by atoms with Crippen molar-refractivity contribution in [2.24, 2.45) is 0 Å². The maximum Gasteiger partial charge on any atom is 0.247 e. The summed E-state index contributed by atoms with van der Waals surface area (Å²) in [5.41, 5.74) is 3.83. The summed E-state index contributed by atoms with van der Waals surface area (Å²) in [6, 6.07) is 10.2. The van der Waals surface area contributed by atoms with Crippen LogP contribution in [0, 0.1) is 19.7 Å². The largest absolute Gasteiger partial charge is 0.447 e. The van der Waals surface area contributed by atoms with Gasteiger partial charge in [-0.15, -0.1) is 10.2 Å². The summed E-state index contributed by atoms with van der Waals surface area (Å²) in [5, 5.41) is 9.05. The average molecular weight is 425 g/mol. The first-order valence-electron chi connectivity index (χ1n) is 9.60. The van der Waals surface area contributed by atoms with Crippen molar-refractivity contribution >= 4 is 23.4 Å². The van der Waals surface area contributed by atoms with E-state index in [0.29, 0.717) is 22.1 Å². The van der Waals surface area contributed by atoms with Gasteiger partial charge in [0.1, 0.15) is 5.82 Å². The van der Waals surface area contributed by atoms with E-state index < -0.39 is 12.0 Å². The van der Waals surface area contributed by atoms with Crippen molar-refractivity contribution < 1.29 is 13.9 Å². The van der Waals surface area contributed by atoms with Gasteiger partial charge in [-0.1, -0.05) is 48.5 Å². The molecule has 0 bridgehead atoms. The number of thioether (sulfide) groups is 1. The van der Waals surface area contributed by atoms with E-state index in [0.717, 1.165) is 16.9 Å². The van der Waals surface area contributed by atoms with Crippen molar-refractivity contribution in [2.75, 3.05) is 10.7 Å². The first-order chi connectivity index (χ1) is 14.4. The van der Waals surface area contributed by atoms with E-state index in [1.54, 1.807) is 18.2 Å². The highest BCUT2D eigenvalue weighted by Crippen LogP contribution is 2.45. The quantitative estimate of drug-likeness (QED) is 0.560. The Morgan fingerprint density at radius 3 is 2.70 bits per heavy atom. The number of carbonyl (C=O) groups excluding carboxylic acids is 1. The molecule has 1 atom stereocenters. The van der Waals surface area contributed by atoms with Crippen LogP contribution in [-0.4, -0.2) is 26.8 Å². The second kappa shape index (κ2) is 8.02. The molecule has 0 radical (unpaired) electrons. The Bertz CT molecular complexity index is 1140. The molecule has 0 saturated carbocycles. The molecule has 154 valence electrons. The van der Waals surface area contributed by atoms with Gasteiger partial charge in [0.2, 0.25) is 23.2 Å². The number of rotatable bonds is 3. The van der Waals surface area contributed by atoms with Gasteiger partial charge in [0, 0.05) is 18.1 Å². The molecule has 0 saturated heterocycles. The Morgan fingerprint density at radius 2 is 2.00 bits per heavy atom. The third kappa shape index (κ3) is 3.52. The highest BCUT2D eigenvalue weighted by molar-refractivity contribution is 7.99. The molecule has 8 heteroatoms. The predicted octanol–water partition coefficient (Wildman–Crippen LogP) is 4.85. The summed E-state index contributed by atoms with van der Waals surface area (Å²) in [6.07, 6.45) is -1.03. The van der Waals surface area contributed by atoms with Crippen LogP contribution < -0.4 is 9.64 Å². The molecule has 1 aromatic heterocycles. The summed E-state index contributed by atoms with van der Waals surface area (Å²) in [7, 11) is 0. The average Bonchev–Trinajstić information content (AvgIpc) is 2.83. The third-order valence-corrected chi connectivity index (χ3v) is 5.54. The highest BCUT2D eigenvalue weighted by atomic mass is 32.2. The number of fused-ring (bicyclic) bond motifs is 3. The molecule has 0 spiro atoms. The van der Waals surface area contributed by atoms with E-state index in [1.807, 2.05) is 32.9 Å². The monoisotopic (exact) mass is 424 g/mol. The number of ether oxygens (including phenoxy) is 1. The molecule has 4 rings (SSSR count). The number of benzene rings is 2. The standard InChI is InChI=1S/C22H21FN4O2S/c1-5-30-22-24-20-18(25-26-22)16-11-12(2)10-13(3)19(16)27(14(4)28)21(29-20)15-8-6-7-9-17(15)23/h6-11,21H,5H2,1-4H3. The number of carbonyl (C=O) groups is 1. The van der Waals surface area contributed by atoms with Gasteiger partial charge in [0.05, 0.1) is 5.69 Å². The van der Waals surface area contributed by atoms with Crippen LogP contribution in [0.15, 0.2) is 41.6 Å². The van der Waals surface area contributed by atoms with Crippen molar-refractivity contribution in [2.45, 2.75) is 39.1 Å². The van der Waals surface area contributed by atoms with Gasteiger partial charge in [-0.25, -0.2) is 4.39 Å². The van der Waals surface area contributed by atoms with Crippen molar-refractivity contribution in [1.29, 1.82) is 0 Å². The van der Waals surface area contributed by atoms with E-state index in [1.165, 1.54) is 29.7 Å². The minimum atomic E-state index is -1.03. The Morgan fingerprint density at radius 1 is 1.23 bits per heavy atom. The van der Waals surface area contributed by atoms with Crippen LogP contribution in [0.25, 0.3) is 11.3 Å². The van der Waals surface area contributed by atoms with Crippen LogP contribution in [0.2, 0.25) is 0 Å². The molecular weight excluding hydrogens is 403 g/mol. The molecule has 1 aliphatic heterocycles. The fourth-order valence-electron chi connectivity index (χ4n) is 3.68. The van der Waals surface area contributed by atoms with Gasteiger partial charge in [-0.05, 0) is 37.3 Å². The number of aryl methyl sites for hydroxylation is 2. The molecule has 2 heterocycles. The highest BCUT2D eigenvalue weighted by Gasteiger charge is 2.37. The lowest BCUT2D eigenvalue weighted by molar-refractivity contribution is -0.118. The topological polar surface area (TPSA) is 68.2 Å². The summed E-state index contributed by atoms with van der Waals surface area (Å²) in [5.74, 6) is 0.254. The summed E-state index contributed by atoms with van der Waals surface area (Å²) in [4.78, 5) is 18.8. The Kier molecular flexibility index (Phi) is 5.42. The normalized spacial score (nSPS) is 15.1. The van der Waals surface area contributed by atoms with E-state index in [9.17, 15) is 9.18 Å². The number of halogens is 1. The second-order valence-electron chi connectivity index (χ2n) is 7.04. The molecule has 1 unspecified atom stereocenters. The lowest BCUT2D eigenvalue weighted by Gasteiger charge is -2.31. The maximum atomic E-state index is 14.8. The Hall–Kier alpha value is -3.00. The number of aromatic nitrogens is 3. The van der Waals surface area contributed by atoms with Crippen LogP contribution >= 0.6 is 11.8 Å². The molecule has 30 heavy (non-hydrogen) atoms. The minimum Gasteiger partial charge on any atom is -0.447 e. The van der Waals surface area contributed by atoms with E-state index in [4.69, 9.17) is 4.74 Å². The van der Waals surface area contributed by atoms with Gasteiger partial charge < -0.3 is 4.74 Å². The SMILES string of the molecule is CCSc1nnc2c(n1)OC(c1ccccc1F)N(C(C)=O)c1c(C)cc(C)cc1-2. The van der Waals surface area contributed by atoms with Gasteiger partial charge in [-0.3, -0.25) is 9.69 Å². The molecular formula is C22H21FN4O2S. The van der Waals surface area contributed by atoms with Crippen LogP contribution in [0.5, 0.6) is 5.88 Å². The smallest absolute Gasteiger partial charge is 0.247 e. The fraction of sp³-hybridized carbons (Fsp3) is 0.273. The van der Waals surface area contributed by atoms with Crippen LogP contribution in [0.3, 0.4) is 0 Å². The predicted molar refractivity (Wildman–Crippen MR) is 114 cm³/mol. The molecule has 1 aliphatic rings. The van der Waals surface area contributed by atoms with Crippen molar-refractivity contribution in [3.8, 4) is 17.1 Å². The number of anilines is 1. The second-order valence-corrected chi connectivity index (χ2v) is 8.27. The van der Waals surface area contributed by atoms with Crippen LogP contribution in [0.4, 0.5) is 10.1 Å². The third-order valence-electron chi connectivity index (χ3n) is 4.82. The summed E-state index contributed by atoms with van der Waals surface area (Å²) in [6.45, 7) is 7.30. The molecule has 2 aromatic carbocycles. The lowest BCUT2D eigenvalue weighted by Crippen LogP contribution is -2.37. The van der Waals surface area contributed by atoms with Crippen LogP contribution in [0.1, 0.15) is 36.8 Å². The molecule has 0 aliphatic carbocycles. The van der Waals surface area contributed by atoms with Gasteiger partial charge in [0.15, 0.2) is 5.69 Å².